The highest BCUT2D eigenvalue weighted by Crippen LogP contribution is 2.24. The van der Waals surface area contributed by atoms with Crippen LogP contribution in [0.2, 0.25) is 0 Å². The Morgan fingerprint density at radius 3 is 2.52 bits per heavy atom. The molecule has 0 aliphatic carbocycles. The Hall–Kier alpha value is -1.46. The first-order chi connectivity index (χ1) is 10.8. The van der Waals surface area contributed by atoms with Gasteiger partial charge < -0.3 is 5.11 Å². The fraction of sp³-hybridized carbons (Fsp3) is 0.611. The number of carbonyl (C=O) groups excluding carboxylic acids is 1. The quantitative estimate of drug-likeness (QED) is 0.650. The molecular weight excluding hydrogens is 297 g/mol. The molecule has 5 heteroatoms. The molecule has 1 aromatic carbocycles. The molecule has 1 aromatic rings. The minimum Gasteiger partial charge on any atom is -0.393 e. The van der Waals surface area contributed by atoms with Crippen LogP contribution in [-0.4, -0.2) is 29.9 Å². The van der Waals surface area contributed by atoms with E-state index in [1.54, 1.807) is 0 Å². The monoisotopic (exact) mass is 325 g/mol. The van der Waals surface area contributed by atoms with Crippen molar-refractivity contribution < 1.29 is 19.1 Å². The van der Waals surface area contributed by atoms with Gasteiger partial charge in [0.05, 0.1) is 13.2 Å². The van der Waals surface area contributed by atoms with Gasteiger partial charge in [-0.25, -0.2) is 9.87 Å². The van der Waals surface area contributed by atoms with Crippen LogP contribution < -0.4 is 5.48 Å². The topological polar surface area (TPSA) is 58.6 Å². The maximum atomic E-state index is 13.7. The van der Waals surface area contributed by atoms with E-state index in [9.17, 15) is 14.3 Å². The smallest absolute Gasteiger partial charge is 0.246 e. The van der Waals surface area contributed by atoms with Gasteiger partial charge in [0.25, 0.3) is 0 Å². The molecule has 4 nitrogen and oxygen atoms in total. The lowest BCUT2D eigenvalue weighted by atomic mass is 9.89. The molecule has 23 heavy (non-hydrogen) atoms. The van der Waals surface area contributed by atoms with E-state index < -0.39 is 17.7 Å². The number of rotatable bonds is 10. The molecule has 1 amide bonds. The summed E-state index contributed by atoms with van der Waals surface area (Å²) in [5.41, 5.74) is 2.10. The molecule has 0 saturated heterocycles. The third-order valence-corrected chi connectivity index (χ3v) is 3.83. The third kappa shape index (κ3) is 8.67. The Morgan fingerprint density at radius 2 is 1.96 bits per heavy atom. The van der Waals surface area contributed by atoms with Crippen LogP contribution in [0.15, 0.2) is 30.3 Å². The molecule has 0 bridgehead atoms. The van der Waals surface area contributed by atoms with E-state index in [1.807, 2.05) is 30.3 Å². The van der Waals surface area contributed by atoms with Crippen molar-refractivity contribution in [3.63, 3.8) is 0 Å². The molecule has 0 saturated carbocycles. The minimum absolute atomic E-state index is 0.264. The van der Waals surface area contributed by atoms with E-state index in [2.05, 4.69) is 10.3 Å². The summed E-state index contributed by atoms with van der Waals surface area (Å²) >= 11 is 0. The van der Waals surface area contributed by atoms with E-state index in [0.29, 0.717) is 19.3 Å². The summed E-state index contributed by atoms with van der Waals surface area (Å²) in [4.78, 5) is 16.7. The molecule has 2 N–H and O–H groups in total. The summed E-state index contributed by atoms with van der Waals surface area (Å²) < 4.78 is 13.7. The summed E-state index contributed by atoms with van der Waals surface area (Å²) in [6.45, 7) is 2.98. The zero-order chi connectivity index (χ0) is 17.3. The summed E-state index contributed by atoms with van der Waals surface area (Å²) in [5, 5.41) is 10.2. The number of hydrogen-bond donors (Lipinski definition) is 2. The van der Waals surface area contributed by atoms with Crippen LogP contribution in [0, 0.1) is 5.92 Å². The second kappa shape index (κ2) is 9.63. The Morgan fingerprint density at radius 1 is 1.30 bits per heavy atom. The van der Waals surface area contributed by atoms with Crippen molar-refractivity contribution in [1.29, 1.82) is 0 Å². The van der Waals surface area contributed by atoms with Gasteiger partial charge in [0.1, 0.15) is 5.67 Å². The molecule has 0 heterocycles. The molecule has 0 unspecified atom stereocenters. The molecular formula is C18H28FNO3. The van der Waals surface area contributed by atoms with E-state index >= 15 is 0 Å². The van der Waals surface area contributed by atoms with Crippen LogP contribution in [0.25, 0.3) is 0 Å². The number of nitrogens with one attached hydrogen (secondary N) is 1. The van der Waals surface area contributed by atoms with Crippen molar-refractivity contribution in [1.82, 2.24) is 5.48 Å². The Bertz CT molecular complexity index is 459. The lowest BCUT2D eigenvalue weighted by Crippen LogP contribution is -2.33. The fourth-order valence-corrected chi connectivity index (χ4v) is 2.48. The highest BCUT2D eigenvalue weighted by atomic mass is 19.1. The number of carbonyl (C=O) groups is 1. The first-order valence-corrected chi connectivity index (χ1v) is 8.05. The Labute approximate surface area is 138 Å². The second-order valence-electron chi connectivity index (χ2n) is 6.54. The second-order valence-corrected chi connectivity index (χ2v) is 6.54. The Kier molecular flexibility index (Phi) is 8.20. The molecule has 0 aliphatic rings. The van der Waals surface area contributed by atoms with Crippen molar-refractivity contribution >= 4 is 5.91 Å². The van der Waals surface area contributed by atoms with Crippen LogP contribution in [-0.2, 0) is 16.1 Å². The maximum Gasteiger partial charge on any atom is 0.246 e. The molecule has 0 fully saturated rings. The van der Waals surface area contributed by atoms with E-state index in [1.165, 1.54) is 21.0 Å². The van der Waals surface area contributed by atoms with Crippen LogP contribution in [0.5, 0.6) is 0 Å². The van der Waals surface area contributed by atoms with Gasteiger partial charge in [-0.2, -0.15) is 0 Å². The van der Waals surface area contributed by atoms with E-state index in [4.69, 9.17) is 0 Å². The number of hydrogen-bond acceptors (Lipinski definition) is 3. The van der Waals surface area contributed by atoms with Crippen molar-refractivity contribution in [2.24, 2.45) is 5.92 Å². The normalized spacial score (nSPS) is 14.3. The van der Waals surface area contributed by atoms with Gasteiger partial charge in [-0.3, -0.25) is 9.63 Å². The summed E-state index contributed by atoms with van der Waals surface area (Å²) in [6, 6.07) is 9.88. The standard InChI is InChI=1S/C18H28FNO3/c1-18(2,19)12-11-15(17(22)20-23-3)13-16(21)10-9-14-7-5-4-6-8-14/h4-8,15-16,21H,9-13H2,1-3H3,(H,20,22)/t15-,16+/m1/s1. The molecule has 0 radical (unpaired) electrons. The molecule has 1 rings (SSSR count). The number of amides is 1. The lowest BCUT2D eigenvalue weighted by Gasteiger charge is -2.22. The lowest BCUT2D eigenvalue weighted by molar-refractivity contribution is -0.137. The zero-order valence-electron chi connectivity index (χ0n) is 14.2. The van der Waals surface area contributed by atoms with Crippen molar-refractivity contribution in [2.75, 3.05) is 7.11 Å². The van der Waals surface area contributed by atoms with Gasteiger partial charge in [-0.1, -0.05) is 30.3 Å². The van der Waals surface area contributed by atoms with Gasteiger partial charge in [0.2, 0.25) is 5.91 Å². The number of aryl methyl sites for hydroxylation is 1. The van der Waals surface area contributed by atoms with Crippen molar-refractivity contribution in [3.8, 4) is 0 Å². The van der Waals surface area contributed by atoms with Crippen LogP contribution >= 0.6 is 0 Å². The van der Waals surface area contributed by atoms with Crippen molar-refractivity contribution in [2.45, 2.75) is 57.7 Å². The average molecular weight is 325 g/mol. The first kappa shape index (κ1) is 19.6. The highest BCUT2D eigenvalue weighted by Gasteiger charge is 2.25. The predicted octanol–water partition coefficient (Wildman–Crippen LogP) is 3.19. The third-order valence-electron chi connectivity index (χ3n) is 3.83. The minimum atomic E-state index is -1.33. The number of alkyl halides is 1. The first-order valence-electron chi connectivity index (χ1n) is 8.05. The highest BCUT2D eigenvalue weighted by molar-refractivity contribution is 5.77. The van der Waals surface area contributed by atoms with Gasteiger partial charge in [-0.15, -0.1) is 0 Å². The van der Waals surface area contributed by atoms with Crippen molar-refractivity contribution in [3.05, 3.63) is 35.9 Å². The van der Waals surface area contributed by atoms with Crippen LogP contribution in [0.1, 0.15) is 45.1 Å². The SMILES string of the molecule is CONC(=O)[C@H](CCC(C)(C)F)C[C@@H](O)CCc1ccccc1. The Balaban J connectivity index is 2.51. The molecule has 0 aromatic heterocycles. The van der Waals surface area contributed by atoms with E-state index in [-0.39, 0.29) is 12.3 Å². The maximum absolute atomic E-state index is 13.7. The fourth-order valence-electron chi connectivity index (χ4n) is 2.48. The molecule has 130 valence electrons. The van der Waals surface area contributed by atoms with Crippen LogP contribution in [0.3, 0.4) is 0 Å². The summed E-state index contributed by atoms with van der Waals surface area (Å²) in [6.07, 6.45) is 1.65. The number of aliphatic hydroxyl groups excluding tert-OH is 1. The predicted molar refractivity (Wildman–Crippen MR) is 88.4 cm³/mol. The zero-order valence-corrected chi connectivity index (χ0v) is 14.2. The van der Waals surface area contributed by atoms with E-state index in [0.717, 1.165) is 12.0 Å². The van der Waals surface area contributed by atoms with Gasteiger partial charge in [0.15, 0.2) is 0 Å². The summed E-state index contributed by atoms with van der Waals surface area (Å²) in [5.74, 6) is -0.772. The van der Waals surface area contributed by atoms with Gasteiger partial charge >= 0.3 is 0 Å². The largest absolute Gasteiger partial charge is 0.393 e. The number of halogens is 1. The average Bonchev–Trinajstić information content (AvgIpc) is 2.49. The molecule has 0 spiro atoms. The summed E-state index contributed by atoms with van der Waals surface area (Å²) in [7, 11) is 1.36. The van der Waals surface area contributed by atoms with Gasteiger partial charge in [0, 0.05) is 5.92 Å². The molecule has 2 atom stereocenters. The van der Waals surface area contributed by atoms with Gasteiger partial charge in [-0.05, 0) is 51.5 Å². The number of aliphatic hydroxyl groups is 1. The number of hydroxylamine groups is 1. The molecule has 0 aliphatic heterocycles. The number of benzene rings is 1. The van der Waals surface area contributed by atoms with Crippen LogP contribution in [0.4, 0.5) is 4.39 Å².